The van der Waals surface area contributed by atoms with Crippen molar-refractivity contribution in [3.8, 4) is 5.75 Å². The molecule has 1 aliphatic rings. The van der Waals surface area contributed by atoms with Gasteiger partial charge in [-0.15, -0.1) is 0 Å². The Bertz CT molecular complexity index is 472. The highest BCUT2D eigenvalue weighted by molar-refractivity contribution is 6.30. The van der Waals surface area contributed by atoms with Crippen LogP contribution in [0.3, 0.4) is 0 Å². The summed E-state index contributed by atoms with van der Waals surface area (Å²) in [5, 5.41) is 13.7. The molecule has 0 aromatic heterocycles. The number of amides is 1. The van der Waals surface area contributed by atoms with Crippen molar-refractivity contribution in [1.82, 2.24) is 5.32 Å². The van der Waals surface area contributed by atoms with Crippen LogP contribution >= 0.6 is 11.6 Å². The highest BCUT2D eigenvalue weighted by Gasteiger charge is 2.29. The van der Waals surface area contributed by atoms with Gasteiger partial charge in [-0.2, -0.15) is 0 Å². The van der Waals surface area contributed by atoms with Crippen molar-refractivity contribution in [3.63, 3.8) is 0 Å². The lowest BCUT2D eigenvalue weighted by Gasteiger charge is -2.32. The molecule has 21 heavy (non-hydrogen) atoms. The van der Waals surface area contributed by atoms with E-state index in [4.69, 9.17) is 16.3 Å². The molecule has 1 aromatic rings. The molecule has 0 unspecified atom stereocenters. The van der Waals surface area contributed by atoms with Gasteiger partial charge in [-0.05, 0) is 31.0 Å². The molecule has 0 aliphatic heterocycles. The predicted octanol–water partition coefficient (Wildman–Crippen LogP) is 2.92. The van der Waals surface area contributed by atoms with E-state index in [2.05, 4.69) is 5.32 Å². The Hall–Kier alpha value is -1.26. The minimum Gasteiger partial charge on any atom is -0.493 e. The first-order valence-electron chi connectivity index (χ1n) is 7.45. The largest absolute Gasteiger partial charge is 0.493 e. The van der Waals surface area contributed by atoms with Crippen molar-refractivity contribution in [2.45, 2.75) is 44.1 Å². The van der Waals surface area contributed by atoms with Crippen LogP contribution in [0.4, 0.5) is 0 Å². The van der Waals surface area contributed by atoms with Crippen molar-refractivity contribution in [3.05, 3.63) is 29.3 Å². The Balaban J connectivity index is 1.65. The van der Waals surface area contributed by atoms with Gasteiger partial charge < -0.3 is 15.2 Å². The van der Waals surface area contributed by atoms with E-state index in [1.807, 2.05) is 0 Å². The number of carbonyl (C=O) groups excluding carboxylic acids is 1. The maximum atomic E-state index is 11.8. The molecule has 0 spiro atoms. The first-order valence-corrected chi connectivity index (χ1v) is 7.83. The summed E-state index contributed by atoms with van der Waals surface area (Å²) >= 11 is 5.85. The monoisotopic (exact) mass is 311 g/mol. The summed E-state index contributed by atoms with van der Waals surface area (Å²) in [7, 11) is 0. The zero-order chi connectivity index (χ0) is 15.1. The number of ether oxygens (including phenoxy) is 1. The average molecular weight is 312 g/mol. The molecule has 0 saturated heterocycles. The molecule has 0 radical (unpaired) electrons. The lowest BCUT2D eigenvalue weighted by molar-refractivity contribution is -0.123. The van der Waals surface area contributed by atoms with E-state index in [0.717, 1.165) is 25.7 Å². The fourth-order valence-corrected chi connectivity index (χ4v) is 2.74. The second kappa shape index (κ2) is 7.66. The van der Waals surface area contributed by atoms with E-state index in [-0.39, 0.29) is 12.3 Å². The number of nitrogens with one attached hydrogen (secondary N) is 1. The summed E-state index contributed by atoms with van der Waals surface area (Å²) in [6.07, 6.45) is 5.04. The number of aliphatic hydroxyl groups is 1. The van der Waals surface area contributed by atoms with Gasteiger partial charge in [0.2, 0.25) is 5.91 Å². The highest BCUT2D eigenvalue weighted by atomic mass is 35.5. The van der Waals surface area contributed by atoms with Gasteiger partial charge in [0.05, 0.1) is 18.6 Å². The standard InChI is InChI=1S/C16H22ClNO3/c17-13-5-4-6-14(11-13)21-10-7-15(19)18-12-16(20)8-2-1-3-9-16/h4-6,11,20H,1-3,7-10,12H2,(H,18,19). The molecule has 1 aliphatic carbocycles. The predicted molar refractivity (Wildman–Crippen MR) is 82.6 cm³/mol. The minimum absolute atomic E-state index is 0.101. The van der Waals surface area contributed by atoms with Crippen LogP contribution in [-0.4, -0.2) is 29.8 Å². The molecule has 1 amide bonds. The Morgan fingerprint density at radius 1 is 1.33 bits per heavy atom. The summed E-state index contributed by atoms with van der Waals surface area (Å²) in [6, 6.07) is 7.08. The molecule has 5 heteroatoms. The van der Waals surface area contributed by atoms with Crippen molar-refractivity contribution in [2.75, 3.05) is 13.2 Å². The van der Waals surface area contributed by atoms with Crippen molar-refractivity contribution < 1.29 is 14.6 Å². The number of rotatable bonds is 6. The van der Waals surface area contributed by atoms with E-state index in [1.165, 1.54) is 6.42 Å². The SMILES string of the molecule is O=C(CCOc1cccc(Cl)c1)NCC1(O)CCCCC1. The minimum atomic E-state index is -0.721. The molecular weight excluding hydrogens is 290 g/mol. The van der Waals surface area contributed by atoms with Gasteiger partial charge in [-0.1, -0.05) is 36.9 Å². The van der Waals surface area contributed by atoms with Crippen LogP contribution in [0.1, 0.15) is 38.5 Å². The number of carbonyl (C=O) groups is 1. The zero-order valence-electron chi connectivity index (χ0n) is 12.1. The van der Waals surface area contributed by atoms with Crippen molar-refractivity contribution in [2.24, 2.45) is 0 Å². The molecule has 0 bridgehead atoms. The first-order chi connectivity index (χ1) is 10.1. The van der Waals surface area contributed by atoms with Crippen molar-refractivity contribution >= 4 is 17.5 Å². The van der Waals surface area contributed by atoms with Gasteiger partial charge >= 0.3 is 0 Å². The topological polar surface area (TPSA) is 58.6 Å². The van der Waals surface area contributed by atoms with Crippen LogP contribution in [0.25, 0.3) is 0 Å². The normalized spacial score (nSPS) is 17.2. The van der Waals surface area contributed by atoms with Crippen LogP contribution in [0, 0.1) is 0 Å². The maximum absolute atomic E-state index is 11.8. The van der Waals surface area contributed by atoms with Gasteiger partial charge in [-0.25, -0.2) is 0 Å². The van der Waals surface area contributed by atoms with Gasteiger partial charge in [0, 0.05) is 11.6 Å². The summed E-state index contributed by atoms with van der Waals surface area (Å²) in [5.74, 6) is 0.553. The molecule has 4 nitrogen and oxygen atoms in total. The third kappa shape index (κ3) is 5.56. The maximum Gasteiger partial charge on any atom is 0.223 e. The average Bonchev–Trinajstić information content (AvgIpc) is 2.46. The van der Waals surface area contributed by atoms with E-state index in [1.54, 1.807) is 24.3 Å². The molecule has 0 atom stereocenters. The summed E-state index contributed by atoms with van der Waals surface area (Å²) < 4.78 is 5.47. The Morgan fingerprint density at radius 3 is 2.81 bits per heavy atom. The van der Waals surface area contributed by atoms with Crippen molar-refractivity contribution in [1.29, 1.82) is 0 Å². The van der Waals surface area contributed by atoms with E-state index in [9.17, 15) is 9.90 Å². The molecule has 0 heterocycles. The fraction of sp³-hybridized carbons (Fsp3) is 0.562. The Morgan fingerprint density at radius 2 is 2.10 bits per heavy atom. The van der Waals surface area contributed by atoms with Gasteiger partial charge in [0.1, 0.15) is 5.75 Å². The van der Waals surface area contributed by atoms with E-state index < -0.39 is 5.60 Å². The molecule has 1 saturated carbocycles. The smallest absolute Gasteiger partial charge is 0.223 e. The molecular formula is C16H22ClNO3. The number of hydrogen-bond acceptors (Lipinski definition) is 3. The van der Waals surface area contributed by atoms with Gasteiger partial charge in [0.25, 0.3) is 0 Å². The molecule has 1 fully saturated rings. The summed E-state index contributed by atoms with van der Waals surface area (Å²) in [4.78, 5) is 11.8. The third-order valence-electron chi connectivity index (χ3n) is 3.79. The van der Waals surface area contributed by atoms with Crippen LogP contribution in [0.5, 0.6) is 5.75 Å². The highest BCUT2D eigenvalue weighted by Crippen LogP contribution is 2.27. The van der Waals surface area contributed by atoms with Gasteiger partial charge in [-0.3, -0.25) is 4.79 Å². The molecule has 2 N–H and O–H groups in total. The van der Waals surface area contributed by atoms with Crippen LogP contribution in [0.2, 0.25) is 5.02 Å². The van der Waals surface area contributed by atoms with Gasteiger partial charge in [0.15, 0.2) is 0 Å². The molecule has 1 aromatic carbocycles. The second-order valence-electron chi connectivity index (χ2n) is 5.62. The lowest BCUT2D eigenvalue weighted by Crippen LogP contribution is -2.44. The summed E-state index contributed by atoms with van der Waals surface area (Å²) in [6.45, 7) is 0.633. The van der Waals surface area contributed by atoms with E-state index in [0.29, 0.717) is 23.9 Å². The lowest BCUT2D eigenvalue weighted by atomic mass is 9.85. The third-order valence-corrected chi connectivity index (χ3v) is 4.03. The number of halogens is 1. The Kier molecular flexibility index (Phi) is 5.88. The fourth-order valence-electron chi connectivity index (χ4n) is 2.56. The second-order valence-corrected chi connectivity index (χ2v) is 6.05. The van der Waals surface area contributed by atoms with Crippen LogP contribution < -0.4 is 10.1 Å². The Labute approximate surface area is 130 Å². The van der Waals surface area contributed by atoms with E-state index >= 15 is 0 Å². The number of hydrogen-bond donors (Lipinski definition) is 2. The quantitative estimate of drug-likeness (QED) is 0.849. The molecule has 2 rings (SSSR count). The first kappa shape index (κ1) is 16.1. The molecule has 116 valence electrons. The van der Waals surface area contributed by atoms with Crippen LogP contribution in [0.15, 0.2) is 24.3 Å². The van der Waals surface area contributed by atoms with Crippen LogP contribution in [-0.2, 0) is 4.79 Å². The number of benzene rings is 1. The summed E-state index contributed by atoms with van der Waals surface area (Å²) in [5.41, 5.74) is -0.721. The zero-order valence-corrected chi connectivity index (χ0v) is 12.9.